The molecule has 0 spiro atoms. The lowest BCUT2D eigenvalue weighted by atomic mass is 9.93. The highest BCUT2D eigenvalue weighted by Gasteiger charge is 2.42. The smallest absolute Gasteiger partial charge is 0.281 e. The number of carbonyl (C=O) groups excluding carboxylic acids is 1. The first-order valence-electron chi connectivity index (χ1n) is 17.9. The number of carbonyl (C=O) groups is 1. The predicted octanol–water partition coefficient (Wildman–Crippen LogP) is 6.83. The Kier molecular flexibility index (Phi) is 9.37. The van der Waals surface area contributed by atoms with E-state index in [4.69, 9.17) is 16.6 Å². The van der Waals surface area contributed by atoms with Crippen molar-refractivity contribution in [2.45, 2.75) is 59.0 Å². The Morgan fingerprint density at radius 3 is 2.58 bits per heavy atom. The maximum Gasteiger partial charge on any atom is 0.281 e. The molecule has 2 aromatic carbocycles. The maximum atomic E-state index is 17.2. The van der Waals surface area contributed by atoms with Crippen molar-refractivity contribution in [3.63, 3.8) is 0 Å². The van der Waals surface area contributed by atoms with E-state index in [1.165, 1.54) is 6.08 Å². The minimum atomic E-state index is -0.497. The molecule has 1 N–H and O–H groups in total. The van der Waals surface area contributed by atoms with Crippen molar-refractivity contribution < 1.29 is 9.18 Å². The summed E-state index contributed by atoms with van der Waals surface area (Å²) < 4.78 is 18.9. The van der Waals surface area contributed by atoms with Gasteiger partial charge in [-0.1, -0.05) is 38.1 Å². The number of H-pyrrole nitrogens is 1. The monoisotopic (exact) mass is 724 g/mol. The van der Waals surface area contributed by atoms with Crippen LogP contribution in [-0.2, 0) is 4.79 Å². The first kappa shape index (κ1) is 35.7. The van der Waals surface area contributed by atoms with Crippen LogP contribution in [0.2, 0.25) is 5.02 Å². The first-order chi connectivity index (χ1) is 24.8. The number of nitrogens with one attached hydrogen (secondary N) is 1. The highest BCUT2D eigenvalue weighted by atomic mass is 35.5. The van der Waals surface area contributed by atoms with Crippen LogP contribution < -0.4 is 15.4 Å². The summed E-state index contributed by atoms with van der Waals surface area (Å²) in [6.45, 7) is 16.6. The van der Waals surface area contributed by atoms with Crippen molar-refractivity contribution in [3.8, 4) is 16.8 Å². The Morgan fingerprint density at radius 1 is 1.10 bits per heavy atom. The van der Waals surface area contributed by atoms with Crippen molar-refractivity contribution in [2.24, 2.45) is 0 Å². The second kappa shape index (κ2) is 13.7. The van der Waals surface area contributed by atoms with Gasteiger partial charge in [0.1, 0.15) is 11.5 Å². The summed E-state index contributed by atoms with van der Waals surface area (Å²) in [6.07, 6.45) is 5.60. The van der Waals surface area contributed by atoms with Crippen LogP contribution in [0.3, 0.4) is 0 Å². The number of piperazine rings is 1. The van der Waals surface area contributed by atoms with E-state index >= 15 is 9.18 Å². The third kappa shape index (κ3) is 5.74. The lowest BCUT2D eigenvalue weighted by Crippen LogP contribution is -2.64. The molecule has 0 bridgehead atoms. The molecule has 272 valence electrons. The van der Waals surface area contributed by atoms with Gasteiger partial charge in [0.05, 0.1) is 45.4 Å². The Bertz CT molecular complexity index is 2300. The van der Waals surface area contributed by atoms with Gasteiger partial charge in [-0.15, -0.1) is 0 Å². The molecule has 5 aromatic rings. The van der Waals surface area contributed by atoms with Gasteiger partial charge in [0.15, 0.2) is 0 Å². The summed E-state index contributed by atoms with van der Waals surface area (Å²) >= 11 is 7.56. The number of hydrogen-bond acceptors (Lipinski definition) is 7. The average Bonchev–Trinajstić information content (AvgIpc) is 3.58. The Balaban J connectivity index is 1.62. The fraction of sp³-hybridized carbons (Fsp3) is 0.400. The molecular weight excluding hydrogens is 679 g/mol. The number of aromatic nitrogens is 4. The van der Waals surface area contributed by atoms with Gasteiger partial charge < -0.3 is 19.6 Å². The van der Waals surface area contributed by atoms with Gasteiger partial charge in [-0.2, -0.15) is 5.10 Å². The standard InChI is InChI=1S/C40H46ClFN8O2/c1-9-31(51)48-21-26-20-47(16-10-15-46(7)8)39-38(49(26)19-25(48)6)27-17-29(42)33(32-23(4)11-12-30-28(32)18-44-45-30)34(41)37(27)50(40(39)52)36-24(5)13-14-43-35(36)22(2)3/h9,11-14,17-18,22,25-26H,1,10,15-16,19-21H2,2-8H3,(H,44,45). The summed E-state index contributed by atoms with van der Waals surface area (Å²) in [5.74, 6) is -0.651. The third-order valence-corrected chi connectivity index (χ3v) is 11.0. The van der Waals surface area contributed by atoms with Gasteiger partial charge in [0.25, 0.3) is 5.56 Å². The number of rotatable bonds is 8. The number of nitrogens with zero attached hydrogens (tertiary/aromatic N) is 7. The summed E-state index contributed by atoms with van der Waals surface area (Å²) in [6, 6.07) is 6.95. The van der Waals surface area contributed by atoms with Crippen LogP contribution in [0.15, 0.2) is 54.1 Å². The van der Waals surface area contributed by atoms with E-state index in [1.54, 1.807) is 23.0 Å². The molecule has 0 saturated carbocycles. The second-order valence-corrected chi connectivity index (χ2v) is 15.2. The zero-order valence-corrected chi connectivity index (χ0v) is 31.7. The molecule has 1 amide bonds. The van der Waals surface area contributed by atoms with Crippen LogP contribution in [0.5, 0.6) is 0 Å². The number of hydrogen-bond donors (Lipinski definition) is 1. The summed E-state index contributed by atoms with van der Waals surface area (Å²) in [7, 11) is 4.06. The number of benzene rings is 2. The number of halogens is 2. The van der Waals surface area contributed by atoms with Crippen LogP contribution in [0.25, 0.3) is 38.6 Å². The van der Waals surface area contributed by atoms with E-state index in [1.807, 2.05) is 58.0 Å². The highest BCUT2D eigenvalue weighted by Crippen LogP contribution is 2.48. The Morgan fingerprint density at radius 2 is 1.87 bits per heavy atom. The summed E-state index contributed by atoms with van der Waals surface area (Å²) in [4.78, 5) is 41.7. The van der Waals surface area contributed by atoms with Crippen molar-refractivity contribution in [1.82, 2.24) is 29.5 Å². The van der Waals surface area contributed by atoms with E-state index in [-0.39, 0.29) is 40.1 Å². The summed E-state index contributed by atoms with van der Waals surface area (Å²) in [5, 5.41) is 8.65. The number of anilines is 2. The molecule has 1 saturated heterocycles. The quantitative estimate of drug-likeness (QED) is 0.176. The number of aromatic amines is 1. The Labute approximate surface area is 308 Å². The highest BCUT2D eigenvalue weighted by molar-refractivity contribution is 6.39. The molecule has 5 heterocycles. The number of fused-ring (bicyclic) bond motifs is 6. The van der Waals surface area contributed by atoms with E-state index in [9.17, 15) is 4.79 Å². The van der Waals surface area contributed by atoms with E-state index in [0.717, 1.165) is 40.7 Å². The molecule has 2 aliphatic heterocycles. The van der Waals surface area contributed by atoms with Crippen LogP contribution in [-0.4, -0.2) is 94.4 Å². The van der Waals surface area contributed by atoms with Crippen molar-refractivity contribution in [3.05, 3.63) is 87.3 Å². The lowest BCUT2D eigenvalue weighted by molar-refractivity contribution is -0.128. The molecule has 0 radical (unpaired) electrons. The largest absolute Gasteiger partial charge is 0.363 e. The van der Waals surface area contributed by atoms with Gasteiger partial charge in [-0.3, -0.25) is 24.2 Å². The van der Waals surface area contributed by atoms with Gasteiger partial charge >= 0.3 is 0 Å². The molecule has 0 aliphatic carbocycles. The van der Waals surface area contributed by atoms with Gasteiger partial charge in [0, 0.05) is 60.3 Å². The molecule has 52 heavy (non-hydrogen) atoms. The fourth-order valence-electron chi connectivity index (χ4n) is 8.22. The molecule has 7 rings (SSSR count). The van der Waals surface area contributed by atoms with Gasteiger partial charge in [-0.25, -0.2) is 4.39 Å². The second-order valence-electron chi connectivity index (χ2n) is 14.8. The molecular formula is C40H46ClFN8O2. The number of aryl methyl sites for hydroxylation is 2. The molecule has 2 aliphatic rings. The van der Waals surface area contributed by atoms with Gasteiger partial charge in [0.2, 0.25) is 5.91 Å². The van der Waals surface area contributed by atoms with Crippen molar-refractivity contribution in [2.75, 3.05) is 56.6 Å². The Hall–Kier alpha value is -4.74. The summed E-state index contributed by atoms with van der Waals surface area (Å²) in [5.41, 5.74) is 6.00. The minimum Gasteiger partial charge on any atom is -0.363 e. The topological polar surface area (TPSA) is 93.6 Å². The molecule has 2 unspecified atom stereocenters. The van der Waals surface area contributed by atoms with Crippen LogP contribution in [0.1, 0.15) is 49.9 Å². The van der Waals surface area contributed by atoms with Gasteiger partial charge in [-0.05, 0) is 89.2 Å². The van der Waals surface area contributed by atoms with Crippen LogP contribution in [0.4, 0.5) is 15.8 Å². The average molecular weight is 725 g/mol. The van der Waals surface area contributed by atoms with E-state index < -0.39 is 5.82 Å². The molecule has 2 atom stereocenters. The minimum absolute atomic E-state index is 0.0228. The lowest BCUT2D eigenvalue weighted by Gasteiger charge is -2.52. The molecule has 12 heteroatoms. The van der Waals surface area contributed by atoms with Crippen molar-refractivity contribution in [1.29, 1.82) is 0 Å². The zero-order chi connectivity index (χ0) is 37.2. The predicted molar refractivity (Wildman–Crippen MR) is 209 cm³/mol. The number of pyridine rings is 2. The third-order valence-electron chi connectivity index (χ3n) is 10.7. The zero-order valence-electron chi connectivity index (χ0n) is 30.9. The van der Waals surface area contributed by atoms with E-state index in [0.29, 0.717) is 59.7 Å². The number of amides is 1. The van der Waals surface area contributed by atoms with E-state index in [2.05, 4.69) is 45.3 Å². The van der Waals surface area contributed by atoms with Crippen molar-refractivity contribution >= 4 is 50.7 Å². The molecule has 10 nitrogen and oxygen atoms in total. The normalized spacial score (nSPS) is 17.4. The SMILES string of the molecule is C=CC(=O)N1CC2CN(CCCN(C)C)c3c(c4cc(F)c(-c5c(C)ccc6[nH]ncc56)c(Cl)c4n(-c4c(C)ccnc4C(C)C)c3=O)N2CC1C. The molecule has 1 fully saturated rings. The van der Waals surface area contributed by atoms with Crippen LogP contribution in [0, 0.1) is 19.7 Å². The molecule has 3 aromatic heterocycles. The van der Waals surface area contributed by atoms with Crippen LogP contribution >= 0.6 is 11.6 Å². The fourth-order valence-corrected chi connectivity index (χ4v) is 8.60. The maximum absolute atomic E-state index is 17.2. The first-order valence-corrected chi connectivity index (χ1v) is 18.3.